The molecule has 0 aromatic carbocycles. The molecule has 3 atom stereocenters. The first kappa shape index (κ1) is 10.5. The van der Waals surface area contributed by atoms with E-state index < -0.39 is 0 Å². The van der Waals surface area contributed by atoms with Crippen molar-refractivity contribution in [3.8, 4) is 0 Å². The van der Waals surface area contributed by atoms with Gasteiger partial charge in [-0.25, -0.2) is 0 Å². The number of rotatable bonds is 3. The fourth-order valence-electron chi connectivity index (χ4n) is 3.11. The molecule has 1 heterocycles. The molecular formula is C13H24O. The van der Waals surface area contributed by atoms with Crippen LogP contribution >= 0.6 is 0 Å². The third-order valence-corrected chi connectivity index (χ3v) is 5.12. The fourth-order valence-corrected chi connectivity index (χ4v) is 3.11. The predicted molar refractivity (Wildman–Crippen MR) is 59.3 cm³/mol. The Morgan fingerprint density at radius 2 is 2.00 bits per heavy atom. The standard InChI is InChI=1S/C13H24O/c1-5-12(3,6-2)10-7-8-13(4)11(9-10)14-13/h10-11H,5-9H2,1-4H3. The average molecular weight is 196 g/mol. The molecular weight excluding hydrogens is 172 g/mol. The first-order chi connectivity index (χ1) is 6.54. The summed E-state index contributed by atoms with van der Waals surface area (Å²) >= 11 is 0. The summed E-state index contributed by atoms with van der Waals surface area (Å²) in [5.74, 6) is 0.901. The number of hydrogen-bond acceptors (Lipinski definition) is 1. The van der Waals surface area contributed by atoms with E-state index in [1.807, 2.05) is 0 Å². The van der Waals surface area contributed by atoms with Crippen LogP contribution in [0.4, 0.5) is 0 Å². The maximum Gasteiger partial charge on any atom is 0.0920 e. The van der Waals surface area contributed by atoms with Crippen molar-refractivity contribution in [1.82, 2.24) is 0 Å². The molecule has 1 heteroatoms. The minimum Gasteiger partial charge on any atom is -0.366 e. The van der Waals surface area contributed by atoms with Crippen LogP contribution in [0.25, 0.3) is 0 Å². The molecule has 0 aromatic heterocycles. The van der Waals surface area contributed by atoms with Crippen LogP contribution in [0, 0.1) is 11.3 Å². The van der Waals surface area contributed by atoms with Gasteiger partial charge in [0.05, 0.1) is 11.7 Å². The van der Waals surface area contributed by atoms with E-state index >= 15 is 0 Å². The SMILES string of the molecule is CCC(C)(CC)C1CCC2(C)OC2C1. The molecule has 2 aliphatic rings. The second-order valence-electron chi connectivity index (χ2n) is 5.75. The number of fused-ring (bicyclic) bond motifs is 1. The highest BCUT2D eigenvalue weighted by Gasteiger charge is 2.56. The topological polar surface area (TPSA) is 12.5 Å². The van der Waals surface area contributed by atoms with Crippen molar-refractivity contribution in [1.29, 1.82) is 0 Å². The van der Waals surface area contributed by atoms with Crippen LogP contribution in [0.1, 0.15) is 59.8 Å². The van der Waals surface area contributed by atoms with E-state index in [1.165, 1.54) is 32.1 Å². The Kier molecular flexibility index (Phi) is 2.42. The van der Waals surface area contributed by atoms with Gasteiger partial charge in [-0.2, -0.15) is 0 Å². The lowest BCUT2D eigenvalue weighted by Crippen LogP contribution is -2.32. The zero-order valence-electron chi connectivity index (χ0n) is 10.1. The van der Waals surface area contributed by atoms with Crippen molar-refractivity contribution in [2.45, 2.75) is 71.5 Å². The summed E-state index contributed by atoms with van der Waals surface area (Å²) in [6.07, 6.45) is 7.21. The second-order valence-corrected chi connectivity index (χ2v) is 5.75. The van der Waals surface area contributed by atoms with Gasteiger partial charge in [0.2, 0.25) is 0 Å². The zero-order chi connectivity index (χ0) is 10.4. The summed E-state index contributed by atoms with van der Waals surface area (Å²) in [5, 5.41) is 0. The molecule has 1 nitrogen and oxygen atoms in total. The largest absolute Gasteiger partial charge is 0.366 e. The monoisotopic (exact) mass is 196 g/mol. The van der Waals surface area contributed by atoms with Crippen molar-refractivity contribution in [2.75, 3.05) is 0 Å². The number of ether oxygens (including phenoxy) is 1. The van der Waals surface area contributed by atoms with E-state index in [-0.39, 0.29) is 0 Å². The molecule has 0 radical (unpaired) electrons. The molecule has 1 saturated heterocycles. The summed E-state index contributed by atoms with van der Waals surface area (Å²) in [7, 11) is 0. The third-order valence-electron chi connectivity index (χ3n) is 5.12. The normalized spacial score (nSPS) is 42.0. The summed E-state index contributed by atoms with van der Waals surface area (Å²) in [6.45, 7) is 9.42. The molecule has 0 aromatic rings. The predicted octanol–water partition coefficient (Wildman–Crippen LogP) is 3.77. The molecule has 1 aliphatic carbocycles. The molecule has 0 amide bonds. The number of hydrogen-bond donors (Lipinski definition) is 0. The molecule has 14 heavy (non-hydrogen) atoms. The van der Waals surface area contributed by atoms with E-state index in [4.69, 9.17) is 4.74 Å². The van der Waals surface area contributed by atoms with Crippen LogP contribution in [-0.4, -0.2) is 11.7 Å². The average Bonchev–Trinajstić information content (AvgIpc) is 2.87. The Morgan fingerprint density at radius 1 is 1.36 bits per heavy atom. The van der Waals surface area contributed by atoms with Crippen molar-refractivity contribution < 1.29 is 4.74 Å². The Labute approximate surface area is 88.2 Å². The molecule has 3 unspecified atom stereocenters. The maximum absolute atomic E-state index is 5.78. The molecule has 2 fully saturated rings. The van der Waals surface area contributed by atoms with Crippen LogP contribution < -0.4 is 0 Å². The van der Waals surface area contributed by atoms with Crippen molar-refractivity contribution in [2.24, 2.45) is 11.3 Å². The fraction of sp³-hybridized carbons (Fsp3) is 1.00. The Bertz CT molecular complexity index is 219. The van der Waals surface area contributed by atoms with E-state index in [0.29, 0.717) is 17.1 Å². The van der Waals surface area contributed by atoms with Crippen LogP contribution in [0.5, 0.6) is 0 Å². The van der Waals surface area contributed by atoms with Crippen molar-refractivity contribution in [3.63, 3.8) is 0 Å². The van der Waals surface area contributed by atoms with Crippen LogP contribution in [-0.2, 0) is 4.74 Å². The summed E-state index contributed by atoms with van der Waals surface area (Å²) in [4.78, 5) is 0. The minimum absolute atomic E-state index is 0.291. The van der Waals surface area contributed by atoms with Gasteiger partial charge in [-0.1, -0.05) is 33.6 Å². The number of epoxide rings is 1. The molecule has 0 bridgehead atoms. The molecule has 0 spiro atoms. The van der Waals surface area contributed by atoms with Crippen molar-refractivity contribution >= 4 is 0 Å². The van der Waals surface area contributed by atoms with Gasteiger partial charge in [0.25, 0.3) is 0 Å². The van der Waals surface area contributed by atoms with Gasteiger partial charge in [-0.05, 0) is 37.5 Å². The summed E-state index contributed by atoms with van der Waals surface area (Å²) in [5.41, 5.74) is 0.853. The third kappa shape index (κ3) is 1.50. The maximum atomic E-state index is 5.78. The highest BCUT2D eigenvalue weighted by molar-refractivity contribution is 5.05. The highest BCUT2D eigenvalue weighted by Crippen LogP contribution is 2.54. The van der Waals surface area contributed by atoms with E-state index in [9.17, 15) is 0 Å². The minimum atomic E-state index is 0.291. The molecule has 82 valence electrons. The van der Waals surface area contributed by atoms with E-state index in [2.05, 4.69) is 27.7 Å². The van der Waals surface area contributed by atoms with Gasteiger partial charge in [0, 0.05) is 0 Å². The van der Waals surface area contributed by atoms with Crippen LogP contribution in [0.15, 0.2) is 0 Å². The van der Waals surface area contributed by atoms with Crippen molar-refractivity contribution in [3.05, 3.63) is 0 Å². The van der Waals surface area contributed by atoms with E-state index in [0.717, 1.165) is 5.92 Å². The smallest absolute Gasteiger partial charge is 0.0920 e. The molecule has 2 rings (SSSR count). The van der Waals surface area contributed by atoms with Crippen LogP contribution in [0.3, 0.4) is 0 Å². The van der Waals surface area contributed by atoms with Gasteiger partial charge >= 0.3 is 0 Å². The Morgan fingerprint density at radius 3 is 2.50 bits per heavy atom. The molecule has 1 saturated carbocycles. The van der Waals surface area contributed by atoms with Crippen LogP contribution in [0.2, 0.25) is 0 Å². The lowest BCUT2D eigenvalue weighted by molar-refractivity contribution is 0.127. The molecule has 0 N–H and O–H groups in total. The molecule has 1 aliphatic heterocycles. The van der Waals surface area contributed by atoms with Gasteiger partial charge in [0.15, 0.2) is 0 Å². The Balaban J connectivity index is 2.00. The quantitative estimate of drug-likeness (QED) is 0.626. The highest BCUT2D eigenvalue weighted by atomic mass is 16.6. The lowest BCUT2D eigenvalue weighted by Gasteiger charge is -2.38. The first-order valence-electron chi connectivity index (χ1n) is 6.22. The summed E-state index contributed by atoms with van der Waals surface area (Å²) < 4.78 is 5.78. The van der Waals surface area contributed by atoms with Gasteiger partial charge in [0.1, 0.15) is 0 Å². The Hall–Kier alpha value is -0.0400. The summed E-state index contributed by atoms with van der Waals surface area (Å²) in [6, 6.07) is 0. The zero-order valence-corrected chi connectivity index (χ0v) is 10.1. The van der Waals surface area contributed by atoms with E-state index in [1.54, 1.807) is 0 Å². The van der Waals surface area contributed by atoms with Gasteiger partial charge < -0.3 is 4.74 Å². The second kappa shape index (κ2) is 3.23. The van der Waals surface area contributed by atoms with Gasteiger partial charge in [-0.15, -0.1) is 0 Å². The lowest BCUT2D eigenvalue weighted by atomic mass is 9.65. The first-order valence-corrected chi connectivity index (χ1v) is 6.22. The van der Waals surface area contributed by atoms with Gasteiger partial charge in [-0.3, -0.25) is 0 Å².